The zero-order valence-corrected chi connectivity index (χ0v) is 15.1. The molecule has 0 bridgehead atoms. The number of H-pyrrole nitrogens is 1. The Kier molecular flexibility index (Phi) is 4.62. The number of carbonyl (C=O) groups excluding carboxylic acids is 1. The van der Waals surface area contributed by atoms with Gasteiger partial charge in [0.05, 0.1) is 12.4 Å². The van der Waals surface area contributed by atoms with Gasteiger partial charge in [-0.2, -0.15) is 10.4 Å². The minimum atomic E-state index is -0.213. The summed E-state index contributed by atoms with van der Waals surface area (Å²) in [5.41, 5.74) is 1.27. The summed E-state index contributed by atoms with van der Waals surface area (Å²) in [6.07, 6.45) is 7.39. The lowest BCUT2D eigenvalue weighted by Crippen LogP contribution is -2.32. The largest absolute Gasteiger partial charge is 0.446 e. The Morgan fingerprint density at radius 2 is 2.15 bits per heavy atom. The van der Waals surface area contributed by atoms with E-state index in [2.05, 4.69) is 25.5 Å². The Morgan fingerprint density at radius 3 is 2.85 bits per heavy atom. The number of aromatic nitrogens is 4. The third kappa shape index (κ3) is 4.00. The maximum absolute atomic E-state index is 12.1. The van der Waals surface area contributed by atoms with Gasteiger partial charge < -0.3 is 15.0 Å². The van der Waals surface area contributed by atoms with Gasteiger partial charge in [-0.25, -0.2) is 14.8 Å². The number of carbonyl (C=O) groups is 1. The molecule has 2 N–H and O–H groups in total. The molecule has 1 amide bonds. The van der Waals surface area contributed by atoms with Crippen LogP contribution >= 0.6 is 0 Å². The van der Waals surface area contributed by atoms with E-state index < -0.39 is 0 Å². The Balaban J connectivity index is 1.32. The molecule has 140 valence electrons. The molecule has 9 heteroatoms. The van der Waals surface area contributed by atoms with Crippen LogP contribution in [0.1, 0.15) is 49.4 Å². The molecule has 0 radical (unpaired) electrons. The first-order valence-corrected chi connectivity index (χ1v) is 9.10. The van der Waals surface area contributed by atoms with Gasteiger partial charge in [-0.15, -0.1) is 0 Å². The quantitative estimate of drug-likeness (QED) is 0.833. The van der Waals surface area contributed by atoms with Gasteiger partial charge in [0.25, 0.3) is 0 Å². The number of aromatic amines is 1. The number of hydrogen-bond donors (Lipinski definition) is 2. The molecule has 4 rings (SSSR count). The number of nitrogens with one attached hydrogen (secondary N) is 2. The van der Waals surface area contributed by atoms with Gasteiger partial charge >= 0.3 is 6.09 Å². The Morgan fingerprint density at radius 1 is 1.30 bits per heavy atom. The predicted molar refractivity (Wildman–Crippen MR) is 96.3 cm³/mol. The van der Waals surface area contributed by atoms with Crippen molar-refractivity contribution in [3.63, 3.8) is 0 Å². The number of nitriles is 1. The van der Waals surface area contributed by atoms with E-state index in [-0.39, 0.29) is 23.8 Å². The number of anilines is 2. The van der Waals surface area contributed by atoms with Crippen molar-refractivity contribution in [3.8, 4) is 6.07 Å². The van der Waals surface area contributed by atoms with E-state index in [0.29, 0.717) is 17.7 Å². The van der Waals surface area contributed by atoms with Crippen LogP contribution < -0.4 is 5.32 Å². The molecule has 2 atom stereocenters. The van der Waals surface area contributed by atoms with Crippen molar-refractivity contribution in [1.82, 2.24) is 25.1 Å². The van der Waals surface area contributed by atoms with E-state index in [1.807, 2.05) is 19.2 Å². The van der Waals surface area contributed by atoms with Crippen molar-refractivity contribution in [2.75, 3.05) is 12.4 Å². The van der Waals surface area contributed by atoms with E-state index >= 15 is 0 Å². The molecule has 0 saturated heterocycles. The normalized spacial score (nSPS) is 21.5. The zero-order valence-electron chi connectivity index (χ0n) is 15.1. The van der Waals surface area contributed by atoms with Crippen LogP contribution in [0, 0.1) is 11.3 Å². The van der Waals surface area contributed by atoms with E-state index in [1.54, 1.807) is 4.90 Å². The summed E-state index contributed by atoms with van der Waals surface area (Å²) < 4.78 is 5.64. The van der Waals surface area contributed by atoms with Gasteiger partial charge in [0.2, 0.25) is 0 Å². The van der Waals surface area contributed by atoms with Crippen LogP contribution in [0.5, 0.6) is 0 Å². The maximum Gasteiger partial charge on any atom is 0.410 e. The number of ether oxygens (including phenoxy) is 1. The highest BCUT2D eigenvalue weighted by Crippen LogP contribution is 2.36. The highest BCUT2D eigenvalue weighted by atomic mass is 16.6. The van der Waals surface area contributed by atoms with Gasteiger partial charge in [0.15, 0.2) is 11.5 Å². The highest BCUT2D eigenvalue weighted by Gasteiger charge is 2.34. The van der Waals surface area contributed by atoms with E-state index in [9.17, 15) is 4.79 Å². The molecule has 2 aliphatic rings. The highest BCUT2D eigenvalue weighted by molar-refractivity contribution is 5.68. The average Bonchev–Trinajstić information content (AvgIpc) is 3.26. The molecule has 2 aromatic heterocycles. The molecule has 0 aliphatic heterocycles. The molecule has 9 nitrogen and oxygen atoms in total. The summed E-state index contributed by atoms with van der Waals surface area (Å²) in [5, 5.41) is 19.1. The first-order valence-electron chi connectivity index (χ1n) is 9.10. The predicted octanol–water partition coefficient (Wildman–Crippen LogP) is 2.68. The summed E-state index contributed by atoms with van der Waals surface area (Å²) >= 11 is 0. The van der Waals surface area contributed by atoms with E-state index in [1.165, 1.54) is 12.4 Å². The van der Waals surface area contributed by atoms with Gasteiger partial charge in [-0.1, -0.05) is 0 Å². The topological polar surface area (TPSA) is 120 Å². The molecule has 0 spiro atoms. The molecular weight excluding hydrogens is 346 g/mol. The standard InChI is InChI=1S/C18H21N7O2/c1-25(13-3-4-13)18(26)27-14-5-2-11(6-14)15-7-16(24-23-15)22-17-10-20-12(8-19)9-21-17/h7,9-11,13-14H,2-6H2,1H3,(H2,21,22,23,24)/t11-,14+/m0/s1. The molecule has 2 fully saturated rings. The SMILES string of the molecule is CN(C(=O)O[C@@H]1CC[C@H](c2cc(Nc3cnc(C#N)cn3)n[nH]2)C1)C1CC1. The second-order valence-electron chi connectivity index (χ2n) is 7.09. The molecule has 0 aromatic carbocycles. The molecule has 27 heavy (non-hydrogen) atoms. The smallest absolute Gasteiger partial charge is 0.410 e. The fourth-order valence-electron chi connectivity index (χ4n) is 3.36. The van der Waals surface area contributed by atoms with E-state index in [0.717, 1.165) is 37.8 Å². The Hall–Kier alpha value is -3.15. The van der Waals surface area contributed by atoms with Crippen molar-refractivity contribution >= 4 is 17.7 Å². The van der Waals surface area contributed by atoms with Crippen LogP contribution in [0.4, 0.5) is 16.4 Å². The second kappa shape index (κ2) is 7.23. The lowest BCUT2D eigenvalue weighted by Gasteiger charge is -2.19. The van der Waals surface area contributed by atoms with Crippen molar-refractivity contribution in [1.29, 1.82) is 5.26 Å². The van der Waals surface area contributed by atoms with Crippen LogP contribution in [0.3, 0.4) is 0 Å². The van der Waals surface area contributed by atoms with Crippen molar-refractivity contribution in [2.24, 2.45) is 0 Å². The molecule has 2 saturated carbocycles. The molecule has 2 aromatic rings. The summed E-state index contributed by atoms with van der Waals surface area (Å²) in [6, 6.07) is 4.23. The number of hydrogen-bond acceptors (Lipinski definition) is 7. The first-order chi connectivity index (χ1) is 13.1. The molecule has 0 unspecified atom stereocenters. The van der Waals surface area contributed by atoms with Gasteiger partial charge in [0.1, 0.15) is 18.0 Å². The lowest BCUT2D eigenvalue weighted by molar-refractivity contribution is 0.0696. The average molecular weight is 367 g/mol. The van der Waals surface area contributed by atoms with Crippen LogP contribution in [-0.2, 0) is 4.74 Å². The lowest BCUT2D eigenvalue weighted by atomic mass is 10.0. The van der Waals surface area contributed by atoms with Crippen LogP contribution in [0.15, 0.2) is 18.5 Å². The van der Waals surface area contributed by atoms with Gasteiger partial charge in [0, 0.05) is 30.8 Å². The summed E-state index contributed by atoms with van der Waals surface area (Å²) in [4.78, 5) is 21.9. The van der Waals surface area contributed by atoms with E-state index in [4.69, 9.17) is 10.00 Å². The van der Waals surface area contributed by atoms with Crippen LogP contribution in [0.25, 0.3) is 0 Å². The summed E-state index contributed by atoms with van der Waals surface area (Å²) in [7, 11) is 1.81. The summed E-state index contributed by atoms with van der Waals surface area (Å²) in [5.74, 6) is 1.44. The van der Waals surface area contributed by atoms with Gasteiger partial charge in [-0.05, 0) is 32.1 Å². The molecule has 2 heterocycles. The maximum atomic E-state index is 12.1. The Labute approximate surface area is 156 Å². The molecule has 2 aliphatic carbocycles. The number of rotatable bonds is 5. The fraction of sp³-hybridized carbons (Fsp3) is 0.500. The summed E-state index contributed by atoms with van der Waals surface area (Å²) in [6.45, 7) is 0. The van der Waals surface area contributed by atoms with Crippen molar-refractivity contribution in [3.05, 3.63) is 29.8 Å². The Bertz CT molecular complexity index is 853. The minimum Gasteiger partial charge on any atom is -0.446 e. The van der Waals surface area contributed by atoms with Crippen molar-refractivity contribution < 1.29 is 9.53 Å². The zero-order chi connectivity index (χ0) is 18.8. The first kappa shape index (κ1) is 17.3. The van der Waals surface area contributed by atoms with Crippen LogP contribution in [-0.4, -0.2) is 50.4 Å². The second-order valence-corrected chi connectivity index (χ2v) is 7.09. The van der Waals surface area contributed by atoms with Crippen molar-refractivity contribution in [2.45, 2.75) is 50.2 Å². The third-order valence-electron chi connectivity index (χ3n) is 5.09. The number of amides is 1. The number of nitrogens with zero attached hydrogens (tertiary/aromatic N) is 5. The minimum absolute atomic E-state index is 0.0483. The van der Waals surface area contributed by atoms with Gasteiger partial charge in [-0.3, -0.25) is 5.10 Å². The fourth-order valence-corrected chi connectivity index (χ4v) is 3.36. The van der Waals surface area contributed by atoms with Crippen LogP contribution in [0.2, 0.25) is 0 Å². The molecular formula is C18H21N7O2. The monoisotopic (exact) mass is 367 g/mol. The third-order valence-corrected chi connectivity index (χ3v) is 5.09.